The SMILES string of the molecule is Cc1cc(C)c(C)c(-c2ccc(N)cc2)c1C. The van der Waals surface area contributed by atoms with E-state index in [2.05, 4.69) is 45.9 Å². The van der Waals surface area contributed by atoms with Crippen molar-refractivity contribution in [1.29, 1.82) is 0 Å². The van der Waals surface area contributed by atoms with Crippen molar-refractivity contribution in [3.8, 4) is 11.1 Å². The van der Waals surface area contributed by atoms with E-state index in [4.69, 9.17) is 5.73 Å². The zero-order chi connectivity index (χ0) is 12.6. The van der Waals surface area contributed by atoms with Crippen molar-refractivity contribution in [2.24, 2.45) is 0 Å². The van der Waals surface area contributed by atoms with Crippen LogP contribution in [0, 0.1) is 27.7 Å². The molecule has 0 aromatic heterocycles. The molecule has 0 saturated heterocycles. The highest BCUT2D eigenvalue weighted by Gasteiger charge is 2.09. The molecule has 0 fully saturated rings. The third-order valence-corrected chi connectivity index (χ3v) is 3.57. The molecule has 0 unspecified atom stereocenters. The summed E-state index contributed by atoms with van der Waals surface area (Å²) in [5, 5.41) is 0. The van der Waals surface area contributed by atoms with Gasteiger partial charge in [-0.15, -0.1) is 0 Å². The van der Waals surface area contributed by atoms with E-state index in [9.17, 15) is 0 Å². The van der Waals surface area contributed by atoms with Crippen molar-refractivity contribution in [3.05, 3.63) is 52.6 Å². The summed E-state index contributed by atoms with van der Waals surface area (Å²) in [7, 11) is 0. The Labute approximate surface area is 103 Å². The molecular weight excluding hydrogens is 206 g/mol. The van der Waals surface area contributed by atoms with E-state index in [0.29, 0.717) is 0 Å². The zero-order valence-electron chi connectivity index (χ0n) is 11.0. The van der Waals surface area contributed by atoms with Crippen molar-refractivity contribution in [2.45, 2.75) is 27.7 Å². The Hall–Kier alpha value is -1.76. The minimum Gasteiger partial charge on any atom is -0.399 e. The second-order valence-electron chi connectivity index (χ2n) is 4.76. The van der Waals surface area contributed by atoms with Crippen LogP contribution < -0.4 is 5.73 Å². The minimum absolute atomic E-state index is 0.813. The van der Waals surface area contributed by atoms with Gasteiger partial charge in [-0.25, -0.2) is 0 Å². The molecule has 2 rings (SSSR count). The Morgan fingerprint density at radius 2 is 1.24 bits per heavy atom. The van der Waals surface area contributed by atoms with Crippen molar-refractivity contribution in [3.63, 3.8) is 0 Å². The molecule has 2 N–H and O–H groups in total. The molecule has 17 heavy (non-hydrogen) atoms. The molecule has 1 nitrogen and oxygen atoms in total. The molecule has 0 heterocycles. The van der Waals surface area contributed by atoms with Gasteiger partial charge >= 0.3 is 0 Å². The third-order valence-electron chi connectivity index (χ3n) is 3.57. The topological polar surface area (TPSA) is 26.0 Å². The Balaban J connectivity index is 2.70. The molecule has 0 amide bonds. The quantitative estimate of drug-likeness (QED) is 0.724. The first-order chi connectivity index (χ1) is 8.00. The number of hydrogen-bond donors (Lipinski definition) is 1. The fourth-order valence-electron chi connectivity index (χ4n) is 2.30. The van der Waals surface area contributed by atoms with Gasteiger partial charge in [0.15, 0.2) is 0 Å². The van der Waals surface area contributed by atoms with E-state index in [0.717, 1.165) is 5.69 Å². The first kappa shape index (κ1) is 11.7. The van der Waals surface area contributed by atoms with Gasteiger partial charge in [0.2, 0.25) is 0 Å². The lowest BCUT2D eigenvalue weighted by Crippen LogP contribution is -1.95. The first-order valence-corrected chi connectivity index (χ1v) is 5.94. The standard InChI is InChI=1S/C16H19N/c1-10-9-11(2)13(4)16(12(10)3)14-5-7-15(17)8-6-14/h5-9H,17H2,1-4H3. The Kier molecular flexibility index (Phi) is 2.93. The highest BCUT2D eigenvalue weighted by molar-refractivity contribution is 5.74. The zero-order valence-corrected chi connectivity index (χ0v) is 11.0. The van der Waals surface area contributed by atoms with Crippen LogP contribution in [0.2, 0.25) is 0 Å². The van der Waals surface area contributed by atoms with E-state index < -0.39 is 0 Å². The largest absolute Gasteiger partial charge is 0.399 e. The summed E-state index contributed by atoms with van der Waals surface area (Å²) in [6, 6.07) is 10.4. The van der Waals surface area contributed by atoms with Crippen LogP contribution in [-0.4, -0.2) is 0 Å². The number of nitrogen functional groups attached to an aromatic ring is 1. The molecule has 2 aromatic rings. The number of hydrogen-bond acceptors (Lipinski definition) is 1. The van der Waals surface area contributed by atoms with Crippen LogP contribution in [0.5, 0.6) is 0 Å². The second-order valence-corrected chi connectivity index (χ2v) is 4.76. The van der Waals surface area contributed by atoms with Crippen molar-refractivity contribution in [2.75, 3.05) is 5.73 Å². The van der Waals surface area contributed by atoms with Crippen molar-refractivity contribution in [1.82, 2.24) is 0 Å². The minimum atomic E-state index is 0.813. The van der Waals surface area contributed by atoms with Gasteiger partial charge in [-0.3, -0.25) is 0 Å². The van der Waals surface area contributed by atoms with Gasteiger partial charge in [0, 0.05) is 5.69 Å². The smallest absolute Gasteiger partial charge is 0.0314 e. The van der Waals surface area contributed by atoms with Crippen molar-refractivity contribution < 1.29 is 0 Å². The van der Waals surface area contributed by atoms with Crippen LogP contribution in [0.25, 0.3) is 11.1 Å². The lowest BCUT2D eigenvalue weighted by Gasteiger charge is -2.15. The number of anilines is 1. The molecule has 0 saturated carbocycles. The average Bonchev–Trinajstić information content (AvgIpc) is 2.29. The Bertz CT molecular complexity index is 524. The summed E-state index contributed by atoms with van der Waals surface area (Å²) < 4.78 is 0. The Morgan fingerprint density at radius 1 is 0.765 bits per heavy atom. The molecule has 0 radical (unpaired) electrons. The van der Waals surface area contributed by atoms with Gasteiger partial charge < -0.3 is 5.73 Å². The van der Waals surface area contributed by atoms with Gasteiger partial charge in [-0.1, -0.05) is 18.2 Å². The van der Waals surface area contributed by atoms with Crippen LogP contribution in [0.4, 0.5) is 5.69 Å². The van der Waals surface area contributed by atoms with Crippen LogP contribution in [-0.2, 0) is 0 Å². The number of benzene rings is 2. The molecule has 0 bridgehead atoms. The molecule has 88 valence electrons. The summed E-state index contributed by atoms with van der Waals surface area (Å²) in [6.45, 7) is 8.71. The van der Waals surface area contributed by atoms with Crippen LogP contribution in [0.1, 0.15) is 22.3 Å². The maximum atomic E-state index is 5.74. The number of aryl methyl sites for hydroxylation is 2. The van der Waals surface area contributed by atoms with Gasteiger partial charge in [0.05, 0.1) is 0 Å². The Morgan fingerprint density at radius 3 is 1.71 bits per heavy atom. The summed E-state index contributed by atoms with van der Waals surface area (Å²) in [5.74, 6) is 0. The van der Waals surface area contributed by atoms with E-state index in [1.165, 1.54) is 33.4 Å². The molecule has 0 aliphatic rings. The molecule has 1 heteroatoms. The summed E-state index contributed by atoms with van der Waals surface area (Å²) in [6.07, 6.45) is 0. The molecular formula is C16H19N. The fourth-order valence-corrected chi connectivity index (χ4v) is 2.30. The van der Waals surface area contributed by atoms with Gasteiger partial charge in [-0.05, 0) is 73.2 Å². The molecule has 2 aromatic carbocycles. The highest BCUT2D eigenvalue weighted by Crippen LogP contribution is 2.31. The predicted molar refractivity (Wildman–Crippen MR) is 75.2 cm³/mol. The normalized spacial score (nSPS) is 10.6. The van der Waals surface area contributed by atoms with E-state index in [1.54, 1.807) is 0 Å². The monoisotopic (exact) mass is 225 g/mol. The molecule has 0 spiro atoms. The van der Waals surface area contributed by atoms with Gasteiger partial charge in [0.25, 0.3) is 0 Å². The lowest BCUT2D eigenvalue weighted by molar-refractivity contribution is 1.24. The summed E-state index contributed by atoms with van der Waals surface area (Å²) >= 11 is 0. The van der Waals surface area contributed by atoms with E-state index in [-0.39, 0.29) is 0 Å². The fraction of sp³-hybridized carbons (Fsp3) is 0.250. The summed E-state index contributed by atoms with van der Waals surface area (Å²) in [5.41, 5.74) is 14.6. The van der Waals surface area contributed by atoms with Crippen LogP contribution >= 0.6 is 0 Å². The van der Waals surface area contributed by atoms with E-state index in [1.807, 2.05) is 12.1 Å². The molecule has 0 atom stereocenters. The number of rotatable bonds is 1. The first-order valence-electron chi connectivity index (χ1n) is 5.94. The lowest BCUT2D eigenvalue weighted by atomic mass is 9.90. The maximum Gasteiger partial charge on any atom is 0.0314 e. The second kappa shape index (κ2) is 4.25. The van der Waals surface area contributed by atoms with Crippen LogP contribution in [0.3, 0.4) is 0 Å². The highest BCUT2D eigenvalue weighted by atomic mass is 14.5. The maximum absolute atomic E-state index is 5.74. The van der Waals surface area contributed by atoms with Gasteiger partial charge in [0.1, 0.15) is 0 Å². The molecule has 0 aliphatic heterocycles. The van der Waals surface area contributed by atoms with Crippen molar-refractivity contribution >= 4 is 5.69 Å². The van der Waals surface area contributed by atoms with Gasteiger partial charge in [-0.2, -0.15) is 0 Å². The number of nitrogens with two attached hydrogens (primary N) is 1. The summed E-state index contributed by atoms with van der Waals surface area (Å²) in [4.78, 5) is 0. The average molecular weight is 225 g/mol. The van der Waals surface area contributed by atoms with Crippen LogP contribution in [0.15, 0.2) is 30.3 Å². The molecule has 0 aliphatic carbocycles. The third kappa shape index (κ3) is 2.05. The predicted octanol–water partition coefficient (Wildman–Crippen LogP) is 4.17. The van der Waals surface area contributed by atoms with E-state index >= 15 is 0 Å².